The quantitative estimate of drug-likeness (QED) is 0.928. The zero-order valence-corrected chi connectivity index (χ0v) is 12.5. The Bertz CT molecular complexity index is 620. The minimum atomic E-state index is -0.0470. The van der Waals surface area contributed by atoms with Crippen molar-refractivity contribution in [3.63, 3.8) is 0 Å². The average molecular weight is 301 g/mol. The van der Waals surface area contributed by atoms with Crippen LogP contribution >= 0.6 is 0 Å². The molecule has 0 atom stereocenters. The topological polar surface area (TPSA) is 74.5 Å². The number of piperazine rings is 1. The van der Waals surface area contributed by atoms with Gasteiger partial charge in [-0.15, -0.1) is 0 Å². The third kappa shape index (κ3) is 3.19. The molecule has 1 aliphatic heterocycles. The van der Waals surface area contributed by atoms with Crippen LogP contribution in [0.1, 0.15) is 11.3 Å². The van der Waals surface area contributed by atoms with Crippen molar-refractivity contribution in [1.82, 2.24) is 20.2 Å². The van der Waals surface area contributed by atoms with Crippen LogP contribution in [0.2, 0.25) is 0 Å². The summed E-state index contributed by atoms with van der Waals surface area (Å²) in [4.78, 5) is 24.6. The van der Waals surface area contributed by atoms with Gasteiger partial charge in [-0.3, -0.25) is 0 Å². The minimum absolute atomic E-state index is 0.0470. The summed E-state index contributed by atoms with van der Waals surface area (Å²) in [5.74, 6) is 1.56. The van der Waals surface area contributed by atoms with E-state index in [0.29, 0.717) is 19.6 Å². The molecule has 3 rings (SSSR count). The van der Waals surface area contributed by atoms with Crippen molar-refractivity contribution in [3.8, 4) is 0 Å². The first-order valence-corrected chi connectivity index (χ1v) is 7.32. The number of amides is 2. The van der Waals surface area contributed by atoms with Gasteiger partial charge < -0.3 is 19.5 Å². The fraction of sp³-hybridized carbons (Fsp3) is 0.400. The van der Waals surface area contributed by atoms with E-state index in [2.05, 4.69) is 20.2 Å². The van der Waals surface area contributed by atoms with Crippen LogP contribution in [0.15, 0.2) is 35.2 Å². The molecule has 2 aromatic rings. The second-order valence-corrected chi connectivity index (χ2v) is 5.18. The highest BCUT2D eigenvalue weighted by Gasteiger charge is 2.22. The number of furan rings is 1. The van der Waals surface area contributed by atoms with Crippen LogP contribution in [-0.2, 0) is 6.54 Å². The first-order valence-electron chi connectivity index (χ1n) is 7.32. The van der Waals surface area contributed by atoms with Crippen LogP contribution in [0.25, 0.3) is 0 Å². The van der Waals surface area contributed by atoms with Gasteiger partial charge in [0.15, 0.2) is 0 Å². The molecule has 3 heterocycles. The van der Waals surface area contributed by atoms with E-state index in [-0.39, 0.29) is 6.03 Å². The van der Waals surface area contributed by atoms with Crippen molar-refractivity contribution >= 4 is 12.0 Å². The summed E-state index contributed by atoms with van der Waals surface area (Å²) in [5.41, 5.74) is 1.00. The third-order valence-electron chi connectivity index (χ3n) is 3.80. The summed E-state index contributed by atoms with van der Waals surface area (Å²) >= 11 is 0. The summed E-state index contributed by atoms with van der Waals surface area (Å²) in [6.45, 7) is 5.18. The standard InChI is InChI=1S/C15H19N5O2/c1-12-13(3-10-22-12)11-18-15(21)20-8-6-19(7-9-20)14-16-4-2-5-17-14/h2-5,10H,6-9,11H2,1H3,(H,18,21). The molecule has 1 aliphatic rings. The van der Waals surface area contributed by atoms with Gasteiger partial charge >= 0.3 is 6.03 Å². The van der Waals surface area contributed by atoms with E-state index in [9.17, 15) is 4.79 Å². The van der Waals surface area contributed by atoms with Crippen LogP contribution in [0.4, 0.5) is 10.7 Å². The number of aromatic nitrogens is 2. The summed E-state index contributed by atoms with van der Waals surface area (Å²) < 4.78 is 5.22. The van der Waals surface area contributed by atoms with Crippen LogP contribution in [0.3, 0.4) is 0 Å². The molecule has 2 amide bonds. The molecule has 1 N–H and O–H groups in total. The first-order chi connectivity index (χ1) is 10.7. The van der Waals surface area contributed by atoms with Crippen LogP contribution in [0.5, 0.6) is 0 Å². The molecule has 7 nitrogen and oxygen atoms in total. The molecule has 0 unspecified atom stereocenters. The van der Waals surface area contributed by atoms with Gasteiger partial charge in [0.2, 0.25) is 5.95 Å². The smallest absolute Gasteiger partial charge is 0.317 e. The fourth-order valence-corrected chi connectivity index (χ4v) is 2.44. The Hall–Kier alpha value is -2.57. The zero-order valence-electron chi connectivity index (χ0n) is 12.5. The molecule has 0 aliphatic carbocycles. The van der Waals surface area contributed by atoms with E-state index in [1.807, 2.05) is 17.9 Å². The Morgan fingerprint density at radius 2 is 2.00 bits per heavy atom. The molecule has 7 heteroatoms. The van der Waals surface area contributed by atoms with Gasteiger partial charge in [-0.2, -0.15) is 0 Å². The van der Waals surface area contributed by atoms with Crippen molar-refractivity contribution in [1.29, 1.82) is 0 Å². The first kappa shape index (κ1) is 14.4. The Kier molecular flexibility index (Phi) is 4.22. The lowest BCUT2D eigenvalue weighted by atomic mass is 10.2. The number of nitrogens with one attached hydrogen (secondary N) is 1. The van der Waals surface area contributed by atoms with Gasteiger partial charge in [0.1, 0.15) is 5.76 Å². The number of rotatable bonds is 3. The normalized spacial score (nSPS) is 15.0. The lowest BCUT2D eigenvalue weighted by Crippen LogP contribution is -2.52. The number of carbonyl (C=O) groups excluding carboxylic acids is 1. The van der Waals surface area contributed by atoms with Gasteiger partial charge in [-0.1, -0.05) is 0 Å². The number of urea groups is 1. The average Bonchev–Trinajstić information content (AvgIpc) is 2.99. The summed E-state index contributed by atoms with van der Waals surface area (Å²) in [5, 5.41) is 2.93. The Morgan fingerprint density at radius 3 is 2.64 bits per heavy atom. The Labute approximate surface area is 129 Å². The minimum Gasteiger partial charge on any atom is -0.469 e. The second kappa shape index (κ2) is 6.46. The highest BCUT2D eigenvalue weighted by molar-refractivity contribution is 5.74. The molecule has 0 spiro atoms. The van der Waals surface area contributed by atoms with E-state index in [0.717, 1.165) is 30.4 Å². The molecule has 1 saturated heterocycles. The van der Waals surface area contributed by atoms with Gasteiger partial charge in [0.05, 0.1) is 6.26 Å². The Balaban J connectivity index is 1.49. The van der Waals surface area contributed by atoms with E-state index < -0.39 is 0 Å². The highest BCUT2D eigenvalue weighted by atomic mass is 16.3. The van der Waals surface area contributed by atoms with Crippen LogP contribution < -0.4 is 10.2 Å². The molecule has 0 aromatic carbocycles. The molecule has 0 saturated carbocycles. The predicted molar refractivity (Wildman–Crippen MR) is 81.5 cm³/mol. The van der Waals surface area contributed by atoms with Crippen molar-refractivity contribution in [2.45, 2.75) is 13.5 Å². The maximum Gasteiger partial charge on any atom is 0.317 e. The Morgan fingerprint density at radius 1 is 1.27 bits per heavy atom. The number of anilines is 1. The fourth-order valence-electron chi connectivity index (χ4n) is 2.44. The molecule has 116 valence electrons. The van der Waals surface area contributed by atoms with Crippen LogP contribution in [-0.4, -0.2) is 47.1 Å². The van der Waals surface area contributed by atoms with Gasteiger partial charge in [-0.05, 0) is 19.1 Å². The lowest BCUT2D eigenvalue weighted by molar-refractivity contribution is 0.193. The van der Waals surface area contributed by atoms with Crippen molar-refractivity contribution in [2.24, 2.45) is 0 Å². The third-order valence-corrected chi connectivity index (χ3v) is 3.80. The molecular weight excluding hydrogens is 282 g/mol. The SMILES string of the molecule is Cc1occc1CNC(=O)N1CCN(c2ncccn2)CC1. The van der Waals surface area contributed by atoms with E-state index in [1.165, 1.54) is 0 Å². The van der Waals surface area contributed by atoms with Crippen molar-refractivity contribution < 1.29 is 9.21 Å². The maximum absolute atomic E-state index is 12.2. The molecule has 22 heavy (non-hydrogen) atoms. The number of nitrogens with zero attached hydrogens (tertiary/aromatic N) is 4. The van der Waals surface area contributed by atoms with Gasteiger partial charge in [0, 0.05) is 50.7 Å². The van der Waals surface area contributed by atoms with Crippen LogP contribution in [0, 0.1) is 6.92 Å². The summed E-state index contributed by atoms with van der Waals surface area (Å²) in [7, 11) is 0. The maximum atomic E-state index is 12.2. The zero-order chi connectivity index (χ0) is 15.4. The van der Waals surface area contributed by atoms with E-state index >= 15 is 0 Å². The lowest BCUT2D eigenvalue weighted by Gasteiger charge is -2.34. The molecule has 1 fully saturated rings. The van der Waals surface area contributed by atoms with E-state index in [1.54, 1.807) is 24.7 Å². The molecular formula is C15H19N5O2. The largest absolute Gasteiger partial charge is 0.469 e. The summed E-state index contributed by atoms with van der Waals surface area (Å²) in [6, 6.07) is 3.62. The number of carbonyl (C=O) groups is 1. The monoisotopic (exact) mass is 301 g/mol. The van der Waals surface area contributed by atoms with Gasteiger partial charge in [0.25, 0.3) is 0 Å². The predicted octanol–water partition coefficient (Wildman–Crippen LogP) is 1.41. The van der Waals surface area contributed by atoms with Gasteiger partial charge in [-0.25, -0.2) is 14.8 Å². The molecule has 2 aromatic heterocycles. The van der Waals surface area contributed by atoms with Crippen molar-refractivity contribution in [2.75, 3.05) is 31.1 Å². The number of hydrogen-bond donors (Lipinski definition) is 1. The molecule has 0 bridgehead atoms. The molecule has 0 radical (unpaired) electrons. The number of hydrogen-bond acceptors (Lipinski definition) is 5. The van der Waals surface area contributed by atoms with E-state index in [4.69, 9.17) is 4.42 Å². The highest BCUT2D eigenvalue weighted by Crippen LogP contribution is 2.11. The van der Waals surface area contributed by atoms with Crippen molar-refractivity contribution in [3.05, 3.63) is 42.1 Å². The number of aryl methyl sites for hydroxylation is 1. The summed E-state index contributed by atoms with van der Waals surface area (Å²) in [6.07, 6.45) is 5.10. The second-order valence-electron chi connectivity index (χ2n) is 5.18.